The highest BCUT2D eigenvalue weighted by atomic mass is 35.5. The maximum Gasteiger partial charge on any atom is 0.334 e. The van der Waals surface area contributed by atoms with Crippen LogP contribution in [-0.2, 0) is 9.53 Å². The van der Waals surface area contributed by atoms with Gasteiger partial charge in [0, 0.05) is 36.9 Å². The molecule has 1 aliphatic rings. The maximum atomic E-state index is 11.4. The van der Waals surface area contributed by atoms with Crippen molar-refractivity contribution in [2.45, 2.75) is 6.92 Å². The number of carbonyl (C=O) groups excluding carboxylic acids is 1. The van der Waals surface area contributed by atoms with Gasteiger partial charge in [-0.15, -0.1) is 0 Å². The van der Waals surface area contributed by atoms with E-state index >= 15 is 0 Å². The average molecular weight is 310 g/mol. The zero-order valence-corrected chi connectivity index (χ0v) is 12.8. The summed E-state index contributed by atoms with van der Waals surface area (Å²) in [4.78, 5) is 15.6. The lowest BCUT2D eigenvalue weighted by molar-refractivity contribution is -0.137. The van der Waals surface area contributed by atoms with Gasteiger partial charge in [-0.25, -0.2) is 4.79 Å². The highest BCUT2D eigenvalue weighted by Gasteiger charge is 2.18. The second kappa shape index (κ2) is 7.22. The van der Waals surface area contributed by atoms with Crippen molar-refractivity contribution in [1.82, 2.24) is 4.90 Å². The first-order valence-corrected chi connectivity index (χ1v) is 7.37. The van der Waals surface area contributed by atoms with E-state index in [1.54, 1.807) is 6.92 Å². The maximum absolute atomic E-state index is 11.4. The van der Waals surface area contributed by atoms with Crippen LogP contribution in [0, 0.1) is 0 Å². The minimum atomic E-state index is -0.396. The molecular weight excluding hydrogens is 290 g/mol. The van der Waals surface area contributed by atoms with E-state index < -0.39 is 5.97 Å². The van der Waals surface area contributed by atoms with Gasteiger partial charge in [0.05, 0.1) is 12.7 Å². The van der Waals surface area contributed by atoms with Crippen LogP contribution < -0.4 is 10.6 Å². The third-order valence-electron chi connectivity index (χ3n) is 3.37. The molecule has 6 heteroatoms. The number of halogens is 1. The molecule has 0 spiro atoms. The number of esters is 1. The van der Waals surface area contributed by atoms with Crippen molar-refractivity contribution < 1.29 is 9.53 Å². The van der Waals surface area contributed by atoms with Gasteiger partial charge in [-0.05, 0) is 25.1 Å². The first kappa shape index (κ1) is 15.5. The van der Waals surface area contributed by atoms with Crippen molar-refractivity contribution >= 4 is 23.3 Å². The Morgan fingerprint density at radius 2 is 2.10 bits per heavy atom. The van der Waals surface area contributed by atoms with Crippen molar-refractivity contribution in [3.8, 4) is 0 Å². The monoisotopic (exact) mass is 309 g/mol. The first-order valence-electron chi connectivity index (χ1n) is 6.99. The van der Waals surface area contributed by atoms with Gasteiger partial charge in [-0.3, -0.25) is 0 Å². The van der Waals surface area contributed by atoms with Gasteiger partial charge in [0.25, 0.3) is 0 Å². The Morgan fingerprint density at radius 1 is 1.38 bits per heavy atom. The highest BCUT2D eigenvalue weighted by molar-refractivity contribution is 6.30. The van der Waals surface area contributed by atoms with E-state index in [-0.39, 0.29) is 0 Å². The molecule has 1 saturated heterocycles. The van der Waals surface area contributed by atoms with Gasteiger partial charge in [-0.2, -0.15) is 0 Å². The van der Waals surface area contributed by atoms with E-state index in [4.69, 9.17) is 22.1 Å². The van der Waals surface area contributed by atoms with Crippen LogP contribution in [0.1, 0.15) is 6.92 Å². The zero-order chi connectivity index (χ0) is 15.2. The summed E-state index contributed by atoms with van der Waals surface area (Å²) in [5, 5.41) is 0.733. The summed E-state index contributed by atoms with van der Waals surface area (Å²) in [5.74, 6) is 0.0615. The molecule has 0 radical (unpaired) electrons. The van der Waals surface area contributed by atoms with Crippen molar-refractivity contribution in [1.29, 1.82) is 0 Å². The van der Waals surface area contributed by atoms with Gasteiger partial charge in [0.2, 0.25) is 0 Å². The molecule has 21 heavy (non-hydrogen) atoms. The van der Waals surface area contributed by atoms with E-state index in [0.29, 0.717) is 12.4 Å². The fourth-order valence-electron chi connectivity index (χ4n) is 2.29. The molecule has 5 nitrogen and oxygen atoms in total. The minimum absolute atomic E-state index is 0.352. The molecular formula is C15H20ClN3O2. The average Bonchev–Trinajstić information content (AvgIpc) is 2.47. The van der Waals surface area contributed by atoms with E-state index in [0.717, 1.165) is 36.9 Å². The topological polar surface area (TPSA) is 58.8 Å². The number of anilines is 1. The molecule has 1 aromatic rings. The van der Waals surface area contributed by atoms with Crippen LogP contribution >= 0.6 is 11.6 Å². The normalized spacial score (nSPS) is 16.0. The van der Waals surface area contributed by atoms with Crippen molar-refractivity contribution in [3.05, 3.63) is 41.2 Å². The molecule has 1 aliphatic heterocycles. The molecule has 1 aromatic carbocycles. The number of nitrogens with two attached hydrogens (primary N) is 1. The lowest BCUT2D eigenvalue weighted by atomic mass is 10.2. The lowest BCUT2D eigenvalue weighted by Crippen LogP contribution is -2.47. The number of hydrogen-bond acceptors (Lipinski definition) is 5. The molecule has 2 N–H and O–H groups in total. The number of piperazine rings is 1. The molecule has 1 heterocycles. The molecule has 0 unspecified atom stereocenters. The summed E-state index contributed by atoms with van der Waals surface area (Å²) in [5.41, 5.74) is 7.04. The second-order valence-corrected chi connectivity index (χ2v) is 5.21. The number of rotatable bonds is 4. The van der Waals surface area contributed by atoms with Crippen molar-refractivity contribution in [3.63, 3.8) is 0 Å². The van der Waals surface area contributed by atoms with Gasteiger partial charge < -0.3 is 20.3 Å². The molecule has 0 aromatic heterocycles. The summed E-state index contributed by atoms with van der Waals surface area (Å²) in [6, 6.07) is 7.80. The summed E-state index contributed by atoms with van der Waals surface area (Å²) in [7, 11) is 0. The quantitative estimate of drug-likeness (QED) is 0.679. The Labute approximate surface area is 129 Å². The Balaban J connectivity index is 1.92. The minimum Gasteiger partial charge on any atom is -0.463 e. The molecule has 2 rings (SSSR count). The van der Waals surface area contributed by atoms with Crippen LogP contribution in [0.2, 0.25) is 5.02 Å². The van der Waals surface area contributed by atoms with Crippen LogP contribution in [0.25, 0.3) is 0 Å². The Hall–Kier alpha value is -1.88. The zero-order valence-electron chi connectivity index (χ0n) is 12.1. The standard InChI is InChI=1S/C15H20ClN3O2/c1-2-21-15(20)11-14(17)19-8-6-18(7-9-19)13-5-3-4-12(16)10-13/h3-5,10-11H,2,6-9,17H2,1H3/b14-11+. The lowest BCUT2D eigenvalue weighted by Gasteiger charge is -2.37. The second-order valence-electron chi connectivity index (χ2n) is 4.78. The summed E-state index contributed by atoms with van der Waals surface area (Å²) in [6.45, 7) is 5.30. The Morgan fingerprint density at radius 3 is 2.71 bits per heavy atom. The summed E-state index contributed by atoms with van der Waals surface area (Å²) in [6.07, 6.45) is 1.35. The molecule has 0 saturated carbocycles. The van der Waals surface area contributed by atoms with Gasteiger partial charge >= 0.3 is 5.97 Å². The van der Waals surface area contributed by atoms with Crippen molar-refractivity contribution in [2.24, 2.45) is 5.73 Å². The van der Waals surface area contributed by atoms with Crippen LogP contribution in [0.3, 0.4) is 0 Å². The first-order chi connectivity index (χ1) is 10.1. The smallest absolute Gasteiger partial charge is 0.334 e. The number of hydrogen-bond donors (Lipinski definition) is 1. The fraction of sp³-hybridized carbons (Fsp3) is 0.400. The van der Waals surface area contributed by atoms with Gasteiger partial charge in [0.15, 0.2) is 0 Å². The third-order valence-corrected chi connectivity index (χ3v) is 3.61. The van der Waals surface area contributed by atoms with E-state index in [9.17, 15) is 4.79 Å². The van der Waals surface area contributed by atoms with Crippen LogP contribution in [0.4, 0.5) is 5.69 Å². The van der Waals surface area contributed by atoms with Gasteiger partial charge in [-0.1, -0.05) is 17.7 Å². The Bertz CT molecular complexity index is 525. The van der Waals surface area contributed by atoms with Crippen molar-refractivity contribution in [2.75, 3.05) is 37.7 Å². The third kappa shape index (κ3) is 4.29. The van der Waals surface area contributed by atoms with Crippen LogP contribution in [-0.4, -0.2) is 43.7 Å². The number of ether oxygens (including phenoxy) is 1. The molecule has 1 fully saturated rings. The number of nitrogens with zero attached hydrogens (tertiary/aromatic N) is 2. The molecule has 0 amide bonds. The number of carbonyl (C=O) groups is 1. The number of benzene rings is 1. The van der Waals surface area contributed by atoms with E-state index in [1.807, 2.05) is 29.2 Å². The molecule has 0 bridgehead atoms. The fourth-order valence-corrected chi connectivity index (χ4v) is 2.48. The van der Waals surface area contributed by atoms with Crippen LogP contribution in [0.5, 0.6) is 0 Å². The van der Waals surface area contributed by atoms with Crippen LogP contribution in [0.15, 0.2) is 36.2 Å². The molecule has 114 valence electrons. The van der Waals surface area contributed by atoms with Gasteiger partial charge in [0.1, 0.15) is 5.82 Å². The predicted octanol–water partition coefficient (Wildman–Crippen LogP) is 1.83. The summed E-state index contributed by atoms with van der Waals surface area (Å²) >= 11 is 6.01. The SMILES string of the molecule is CCOC(=O)/C=C(\N)N1CCN(c2cccc(Cl)c2)CC1. The molecule has 0 aliphatic carbocycles. The van der Waals surface area contributed by atoms with E-state index in [1.165, 1.54) is 6.08 Å². The largest absolute Gasteiger partial charge is 0.463 e. The summed E-state index contributed by atoms with van der Waals surface area (Å²) < 4.78 is 4.86. The predicted molar refractivity (Wildman–Crippen MR) is 84.1 cm³/mol. The van der Waals surface area contributed by atoms with E-state index in [2.05, 4.69) is 4.90 Å². The Kier molecular flexibility index (Phi) is 5.33. The highest BCUT2D eigenvalue weighted by Crippen LogP contribution is 2.21. The molecule has 0 atom stereocenters.